The minimum Gasteiger partial charge on any atom is -0.267 e. The molecule has 4 heteroatoms. The Balaban J connectivity index is 2.34. The number of nitrogens with zero attached hydrogens (tertiary/aromatic N) is 1. The average molecular weight is 339 g/mol. The van der Waals surface area contributed by atoms with E-state index >= 15 is 0 Å². The maximum absolute atomic E-state index is 13.0. The highest BCUT2D eigenvalue weighted by atomic mass is 19.4. The van der Waals surface area contributed by atoms with E-state index in [1.165, 1.54) is 0 Å². The molecular weight excluding hydrogens is 323 g/mol. The third kappa shape index (κ3) is 3.63. The van der Waals surface area contributed by atoms with E-state index in [1.807, 2.05) is 18.2 Å². The first-order valence-corrected chi connectivity index (χ1v) is 7.82. The molecule has 1 nitrogen and oxygen atoms in total. The Morgan fingerprint density at radius 2 is 0.880 bits per heavy atom. The molecule has 0 saturated heterocycles. The first kappa shape index (κ1) is 17.0. The minimum absolute atomic E-state index is 0.0833. The van der Waals surface area contributed by atoms with Crippen LogP contribution in [0.1, 0.15) is 16.7 Å². The topological polar surface area (TPSA) is 12.4 Å². The first-order chi connectivity index (χ1) is 12.0. The van der Waals surface area contributed by atoms with Crippen LogP contribution in [0.2, 0.25) is 0 Å². The van der Waals surface area contributed by atoms with Gasteiger partial charge in [0.05, 0.1) is 0 Å². The zero-order valence-electron chi connectivity index (χ0n) is 13.3. The van der Waals surface area contributed by atoms with Crippen molar-refractivity contribution in [2.75, 3.05) is 0 Å². The lowest BCUT2D eigenvalue weighted by Gasteiger charge is -2.32. The van der Waals surface area contributed by atoms with Crippen LogP contribution in [0.3, 0.4) is 0 Å². The van der Waals surface area contributed by atoms with Crippen molar-refractivity contribution in [2.45, 2.75) is 11.7 Å². The summed E-state index contributed by atoms with van der Waals surface area (Å²) in [7, 11) is 0. The Bertz CT molecular complexity index is 729. The molecule has 0 heterocycles. The van der Waals surface area contributed by atoms with Gasteiger partial charge in [-0.2, -0.15) is 13.2 Å². The molecule has 0 aliphatic rings. The summed E-state index contributed by atoms with van der Waals surface area (Å²) < 4.78 is 39.0. The molecular formula is C21H16F3N. The molecule has 126 valence electrons. The molecule has 0 aromatic heterocycles. The molecule has 0 atom stereocenters. The number of aliphatic imine (C=N–C) groups is 1. The van der Waals surface area contributed by atoms with Crippen LogP contribution in [0.5, 0.6) is 0 Å². The normalized spacial score (nSPS) is 12.4. The van der Waals surface area contributed by atoms with E-state index in [9.17, 15) is 13.2 Å². The number of hydrogen-bond donors (Lipinski definition) is 0. The van der Waals surface area contributed by atoms with Crippen molar-refractivity contribution in [3.8, 4) is 0 Å². The highest BCUT2D eigenvalue weighted by Crippen LogP contribution is 2.40. The number of benzene rings is 3. The van der Waals surface area contributed by atoms with Gasteiger partial charge in [-0.25, -0.2) is 0 Å². The number of rotatable bonds is 4. The van der Waals surface area contributed by atoms with Crippen LogP contribution in [-0.4, -0.2) is 12.4 Å². The molecule has 0 aliphatic carbocycles. The van der Waals surface area contributed by atoms with Gasteiger partial charge in [-0.05, 0) is 16.7 Å². The summed E-state index contributed by atoms with van der Waals surface area (Å²) in [6.07, 6.45) is -4.41. The van der Waals surface area contributed by atoms with E-state index in [2.05, 4.69) is 4.99 Å². The van der Waals surface area contributed by atoms with Gasteiger partial charge in [0.2, 0.25) is 0 Å². The van der Waals surface area contributed by atoms with E-state index in [1.54, 1.807) is 72.8 Å². The highest BCUT2D eigenvalue weighted by Gasteiger charge is 2.37. The van der Waals surface area contributed by atoms with Crippen LogP contribution in [0.15, 0.2) is 96.0 Å². The van der Waals surface area contributed by atoms with Crippen molar-refractivity contribution in [1.29, 1.82) is 0 Å². The number of halogens is 3. The van der Waals surface area contributed by atoms with Gasteiger partial charge in [0.1, 0.15) is 11.8 Å². The van der Waals surface area contributed by atoms with Crippen LogP contribution < -0.4 is 0 Å². The zero-order valence-corrected chi connectivity index (χ0v) is 13.3. The Morgan fingerprint density at radius 1 is 0.560 bits per heavy atom. The molecule has 0 aliphatic heterocycles. The largest absolute Gasteiger partial charge is 0.426 e. The van der Waals surface area contributed by atoms with Gasteiger partial charge in [0.15, 0.2) is 0 Å². The molecule has 0 fully saturated rings. The maximum Gasteiger partial charge on any atom is 0.426 e. The molecule has 0 radical (unpaired) electrons. The van der Waals surface area contributed by atoms with Crippen LogP contribution in [0.25, 0.3) is 0 Å². The fourth-order valence-electron chi connectivity index (χ4n) is 2.93. The standard InChI is InChI=1S/C21H16F3N/c22-20(23,24)16-25-21(17-10-4-1-5-11-17,18-12-6-2-7-13-18)19-14-8-3-9-15-19/h1-16H. The van der Waals surface area contributed by atoms with Crippen LogP contribution in [0.4, 0.5) is 13.2 Å². The molecule has 0 N–H and O–H groups in total. The maximum atomic E-state index is 13.0. The molecule has 0 unspecified atom stereocenters. The monoisotopic (exact) mass is 339 g/mol. The van der Waals surface area contributed by atoms with Crippen LogP contribution in [-0.2, 0) is 5.54 Å². The van der Waals surface area contributed by atoms with Crippen molar-refractivity contribution in [3.05, 3.63) is 108 Å². The van der Waals surface area contributed by atoms with Crippen molar-refractivity contribution >= 4 is 6.21 Å². The van der Waals surface area contributed by atoms with Crippen molar-refractivity contribution in [3.63, 3.8) is 0 Å². The van der Waals surface area contributed by atoms with Gasteiger partial charge >= 0.3 is 6.18 Å². The van der Waals surface area contributed by atoms with Gasteiger partial charge in [-0.1, -0.05) is 91.0 Å². The first-order valence-electron chi connectivity index (χ1n) is 7.82. The Labute approximate surface area is 144 Å². The molecule has 3 rings (SSSR count). The second-order valence-electron chi connectivity index (χ2n) is 5.61. The van der Waals surface area contributed by atoms with E-state index in [4.69, 9.17) is 0 Å². The minimum atomic E-state index is -4.50. The molecule has 0 spiro atoms. The predicted molar refractivity (Wildman–Crippen MR) is 93.8 cm³/mol. The third-order valence-corrected chi connectivity index (χ3v) is 3.98. The Morgan fingerprint density at radius 3 is 1.16 bits per heavy atom. The zero-order chi connectivity index (χ0) is 17.8. The smallest absolute Gasteiger partial charge is 0.267 e. The van der Waals surface area contributed by atoms with Crippen LogP contribution >= 0.6 is 0 Å². The van der Waals surface area contributed by atoms with E-state index in [0.717, 1.165) is 0 Å². The van der Waals surface area contributed by atoms with Gasteiger partial charge in [0, 0.05) is 0 Å². The van der Waals surface area contributed by atoms with Gasteiger partial charge in [-0.15, -0.1) is 0 Å². The van der Waals surface area contributed by atoms with Crippen molar-refractivity contribution in [1.82, 2.24) is 0 Å². The Hall–Kier alpha value is -2.88. The van der Waals surface area contributed by atoms with E-state index in [0.29, 0.717) is 16.7 Å². The lowest BCUT2D eigenvalue weighted by molar-refractivity contribution is -0.0540. The van der Waals surface area contributed by atoms with Gasteiger partial charge in [0.25, 0.3) is 0 Å². The summed E-state index contributed by atoms with van der Waals surface area (Å²) in [6.45, 7) is 0. The fraction of sp³-hybridized carbons (Fsp3) is 0.0952. The van der Waals surface area contributed by atoms with E-state index in [-0.39, 0.29) is 6.21 Å². The lowest BCUT2D eigenvalue weighted by atomic mass is 9.77. The molecule has 0 saturated carbocycles. The van der Waals surface area contributed by atoms with Gasteiger partial charge in [-0.3, -0.25) is 4.99 Å². The predicted octanol–water partition coefficient (Wildman–Crippen LogP) is 5.61. The third-order valence-electron chi connectivity index (χ3n) is 3.98. The second-order valence-corrected chi connectivity index (χ2v) is 5.61. The van der Waals surface area contributed by atoms with Crippen molar-refractivity contribution in [2.24, 2.45) is 4.99 Å². The van der Waals surface area contributed by atoms with Gasteiger partial charge < -0.3 is 0 Å². The number of hydrogen-bond acceptors (Lipinski definition) is 1. The summed E-state index contributed by atoms with van der Waals surface area (Å²) in [4.78, 5) is 4.09. The van der Waals surface area contributed by atoms with Crippen molar-refractivity contribution < 1.29 is 13.2 Å². The van der Waals surface area contributed by atoms with E-state index < -0.39 is 11.7 Å². The lowest BCUT2D eigenvalue weighted by Crippen LogP contribution is -2.29. The molecule has 3 aromatic rings. The second kappa shape index (κ2) is 6.93. The quantitative estimate of drug-likeness (QED) is 0.433. The molecule has 25 heavy (non-hydrogen) atoms. The summed E-state index contributed by atoms with van der Waals surface area (Å²) in [5.41, 5.74) is 0.757. The average Bonchev–Trinajstić information content (AvgIpc) is 2.64. The fourth-order valence-corrected chi connectivity index (χ4v) is 2.93. The number of alkyl halides is 3. The summed E-state index contributed by atoms with van der Waals surface area (Å²) >= 11 is 0. The summed E-state index contributed by atoms with van der Waals surface area (Å²) in [5.74, 6) is 0. The Kier molecular flexibility index (Phi) is 4.70. The SMILES string of the molecule is FC(F)(F)C=NC(c1ccccc1)(c1ccccc1)c1ccccc1. The summed E-state index contributed by atoms with van der Waals surface area (Å²) in [6, 6.07) is 27.1. The molecule has 0 amide bonds. The summed E-state index contributed by atoms with van der Waals surface area (Å²) in [5, 5.41) is 0. The highest BCUT2D eigenvalue weighted by molar-refractivity contribution is 5.67. The molecule has 3 aromatic carbocycles. The molecule has 0 bridgehead atoms. The van der Waals surface area contributed by atoms with Crippen LogP contribution in [0, 0.1) is 0 Å².